The van der Waals surface area contributed by atoms with Gasteiger partial charge in [0.1, 0.15) is 11.5 Å². The highest BCUT2D eigenvalue weighted by Gasteiger charge is 2.25. The number of ketones is 2. The molecular weight excluding hydrogens is 318 g/mol. The van der Waals surface area contributed by atoms with Crippen LogP contribution in [0.15, 0.2) is 18.2 Å². The number of nitrogens with zero attached hydrogens (tertiary/aromatic N) is 1. The maximum atomic E-state index is 12.1. The molecule has 5 heteroatoms. The summed E-state index contributed by atoms with van der Waals surface area (Å²) < 4.78 is 13.3. The van der Waals surface area contributed by atoms with E-state index in [1.54, 1.807) is 0 Å². The first-order chi connectivity index (χ1) is 11.8. The highest BCUT2D eigenvalue weighted by Crippen LogP contribution is 2.34. The third-order valence-corrected chi connectivity index (χ3v) is 4.13. The third-order valence-electron chi connectivity index (χ3n) is 4.13. The summed E-state index contributed by atoms with van der Waals surface area (Å²) in [6, 6.07) is 5.59. The Kier molecular flexibility index (Phi) is 5.67. The Morgan fingerprint density at radius 1 is 0.920 bits per heavy atom. The quantitative estimate of drug-likeness (QED) is 0.704. The minimum atomic E-state index is -0.117. The van der Waals surface area contributed by atoms with Crippen LogP contribution < -0.4 is 9.47 Å². The van der Waals surface area contributed by atoms with Gasteiger partial charge in [-0.3, -0.25) is 9.59 Å². The molecule has 134 valence electrons. The predicted molar refractivity (Wildman–Crippen MR) is 97.6 cm³/mol. The predicted octanol–water partition coefficient (Wildman–Crippen LogP) is 4.30. The number of aromatic nitrogens is 1. The van der Waals surface area contributed by atoms with Gasteiger partial charge in [-0.25, -0.2) is 0 Å². The average molecular weight is 343 g/mol. The van der Waals surface area contributed by atoms with Crippen molar-refractivity contribution in [2.24, 2.45) is 0 Å². The van der Waals surface area contributed by atoms with Crippen LogP contribution in [-0.2, 0) is 0 Å². The molecule has 0 atom stereocenters. The van der Waals surface area contributed by atoms with Crippen molar-refractivity contribution in [1.82, 2.24) is 4.57 Å². The molecule has 0 bridgehead atoms. The van der Waals surface area contributed by atoms with Crippen LogP contribution in [0.4, 0.5) is 0 Å². The number of hydrogen-bond acceptors (Lipinski definition) is 4. The number of Topliss-reactive ketones (excluding diaryl/α,β-unsaturated/α-hetero) is 2. The maximum absolute atomic E-state index is 12.1. The topological polar surface area (TPSA) is 57.5 Å². The van der Waals surface area contributed by atoms with E-state index in [0.29, 0.717) is 30.1 Å². The summed E-state index contributed by atoms with van der Waals surface area (Å²) in [5, 5.41) is 0. The van der Waals surface area contributed by atoms with Crippen molar-refractivity contribution in [3.8, 4) is 17.2 Å². The normalized spacial score (nSPS) is 10.6. The largest absolute Gasteiger partial charge is 0.494 e. The first-order valence-corrected chi connectivity index (χ1v) is 8.47. The summed E-state index contributed by atoms with van der Waals surface area (Å²) >= 11 is 0. The minimum absolute atomic E-state index is 0.117. The molecule has 0 saturated carbocycles. The van der Waals surface area contributed by atoms with Crippen LogP contribution in [0.1, 0.15) is 59.8 Å². The molecule has 0 aliphatic heterocycles. The Bertz CT molecular complexity index is 780. The first-order valence-electron chi connectivity index (χ1n) is 8.47. The van der Waals surface area contributed by atoms with Crippen LogP contribution in [0, 0.1) is 13.8 Å². The Morgan fingerprint density at radius 2 is 1.44 bits per heavy atom. The van der Waals surface area contributed by atoms with Gasteiger partial charge < -0.3 is 14.0 Å². The molecule has 1 heterocycles. The van der Waals surface area contributed by atoms with E-state index in [1.807, 2.05) is 50.5 Å². The SMILES string of the molecule is CCOc1ccc(-n2c(C)c(C(C)=O)c(C(C)=O)c2C)c(OCC)c1. The van der Waals surface area contributed by atoms with Gasteiger partial charge in [-0.15, -0.1) is 0 Å². The molecule has 0 aliphatic carbocycles. The molecule has 2 rings (SSSR count). The van der Waals surface area contributed by atoms with E-state index in [9.17, 15) is 9.59 Å². The zero-order valence-corrected chi connectivity index (χ0v) is 15.7. The minimum Gasteiger partial charge on any atom is -0.494 e. The fraction of sp³-hybridized carbons (Fsp3) is 0.400. The number of carbonyl (C=O) groups excluding carboxylic acids is 2. The van der Waals surface area contributed by atoms with Crippen LogP contribution >= 0.6 is 0 Å². The van der Waals surface area contributed by atoms with Crippen molar-refractivity contribution < 1.29 is 19.1 Å². The fourth-order valence-electron chi connectivity index (χ4n) is 3.27. The molecule has 0 fully saturated rings. The maximum Gasteiger partial charge on any atom is 0.162 e. The standard InChI is InChI=1S/C20H25NO4/c1-7-24-16-9-10-17(18(11-16)25-8-2)21-12(3)19(14(5)22)20(13(21)4)15(6)23/h9-11H,7-8H2,1-6H3. The van der Waals surface area contributed by atoms with E-state index >= 15 is 0 Å². The van der Waals surface area contributed by atoms with Gasteiger partial charge in [0.15, 0.2) is 11.6 Å². The molecule has 0 unspecified atom stereocenters. The fourth-order valence-corrected chi connectivity index (χ4v) is 3.27. The first kappa shape index (κ1) is 18.8. The van der Waals surface area contributed by atoms with Gasteiger partial charge in [-0.2, -0.15) is 0 Å². The van der Waals surface area contributed by atoms with E-state index in [1.165, 1.54) is 13.8 Å². The third kappa shape index (κ3) is 3.45. The summed E-state index contributed by atoms with van der Waals surface area (Å²) in [5.74, 6) is 1.14. The lowest BCUT2D eigenvalue weighted by atomic mass is 10.0. The van der Waals surface area contributed by atoms with Crippen LogP contribution in [0.3, 0.4) is 0 Å². The molecule has 0 aliphatic rings. The highest BCUT2D eigenvalue weighted by molar-refractivity contribution is 6.09. The molecule has 0 saturated heterocycles. The molecule has 2 aromatic rings. The zero-order valence-electron chi connectivity index (χ0n) is 15.7. The number of carbonyl (C=O) groups is 2. The molecular formula is C20H25NO4. The Balaban J connectivity index is 2.76. The van der Waals surface area contributed by atoms with Crippen molar-refractivity contribution in [2.45, 2.75) is 41.5 Å². The van der Waals surface area contributed by atoms with Crippen molar-refractivity contribution in [3.63, 3.8) is 0 Å². The molecule has 5 nitrogen and oxygen atoms in total. The Labute approximate surface area is 148 Å². The van der Waals surface area contributed by atoms with Gasteiger partial charge in [-0.1, -0.05) is 0 Å². The molecule has 1 aromatic carbocycles. The molecule has 0 spiro atoms. The van der Waals surface area contributed by atoms with Crippen LogP contribution in [0.25, 0.3) is 5.69 Å². The van der Waals surface area contributed by atoms with Gasteiger partial charge in [0.25, 0.3) is 0 Å². The lowest BCUT2D eigenvalue weighted by molar-refractivity contribution is 0.0981. The molecule has 1 aromatic heterocycles. The summed E-state index contributed by atoms with van der Waals surface area (Å²) in [7, 11) is 0. The summed E-state index contributed by atoms with van der Waals surface area (Å²) in [6.45, 7) is 11.6. The smallest absolute Gasteiger partial charge is 0.162 e. The number of rotatable bonds is 7. The van der Waals surface area contributed by atoms with Crippen molar-refractivity contribution in [1.29, 1.82) is 0 Å². The zero-order chi connectivity index (χ0) is 18.7. The van der Waals surface area contributed by atoms with Gasteiger partial charge >= 0.3 is 0 Å². The van der Waals surface area contributed by atoms with E-state index in [0.717, 1.165) is 22.8 Å². The van der Waals surface area contributed by atoms with E-state index < -0.39 is 0 Å². The lowest BCUT2D eigenvalue weighted by Gasteiger charge is -2.16. The summed E-state index contributed by atoms with van der Waals surface area (Å²) in [5.41, 5.74) is 3.21. The molecule has 25 heavy (non-hydrogen) atoms. The number of benzene rings is 1. The summed E-state index contributed by atoms with van der Waals surface area (Å²) in [4.78, 5) is 24.2. The van der Waals surface area contributed by atoms with E-state index in [2.05, 4.69) is 0 Å². The number of hydrogen-bond donors (Lipinski definition) is 0. The second-order valence-corrected chi connectivity index (χ2v) is 5.86. The highest BCUT2D eigenvalue weighted by atomic mass is 16.5. The van der Waals surface area contributed by atoms with Gasteiger partial charge in [0, 0.05) is 28.6 Å². The van der Waals surface area contributed by atoms with Gasteiger partial charge in [0.2, 0.25) is 0 Å². The van der Waals surface area contributed by atoms with Crippen molar-refractivity contribution in [3.05, 3.63) is 40.7 Å². The van der Waals surface area contributed by atoms with E-state index in [-0.39, 0.29) is 11.6 Å². The molecule has 0 amide bonds. The monoisotopic (exact) mass is 343 g/mol. The van der Waals surface area contributed by atoms with Gasteiger partial charge in [-0.05, 0) is 53.7 Å². The Morgan fingerprint density at radius 3 is 1.88 bits per heavy atom. The van der Waals surface area contributed by atoms with Crippen LogP contribution in [0.5, 0.6) is 11.5 Å². The van der Waals surface area contributed by atoms with Crippen molar-refractivity contribution in [2.75, 3.05) is 13.2 Å². The lowest BCUT2D eigenvalue weighted by Crippen LogP contribution is -2.05. The van der Waals surface area contributed by atoms with E-state index in [4.69, 9.17) is 9.47 Å². The molecule has 0 radical (unpaired) electrons. The average Bonchev–Trinajstić information content (AvgIpc) is 2.80. The van der Waals surface area contributed by atoms with Crippen LogP contribution in [-0.4, -0.2) is 29.3 Å². The second kappa shape index (κ2) is 7.55. The molecule has 0 N–H and O–H groups in total. The second-order valence-electron chi connectivity index (χ2n) is 5.86. The van der Waals surface area contributed by atoms with Crippen LogP contribution in [0.2, 0.25) is 0 Å². The van der Waals surface area contributed by atoms with Crippen molar-refractivity contribution >= 4 is 11.6 Å². The Hall–Kier alpha value is -2.56. The number of ether oxygens (including phenoxy) is 2. The van der Waals surface area contributed by atoms with Gasteiger partial charge in [0.05, 0.1) is 18.9 Å². The summed E-state index contributed by atoms with van der Waals surface area (Å²) in [6.07, 6.45) is 0.